The van der Waals surface area contributed by atoms with Crippen LogP contribution < -0.4 is 19.5 Å². The van der Waals surface area contributed by atoms with Crippen LogP contribution in [0.1, 0.15) is 47.6 Å². The fourth-order valence-electron chi connectivity index (χ4n) is 7.22. The van der Waals surface area contributed by atoms with Crippen molar-refractivity contribution in [3.8, 4) is 11.5 Å². The highest BCUT2D eigenvalue weighted by Gasteiger charge is 2.54. The van der Waals surface area contributed by atoms with Crippen molar-refractivity contribution in [2.45, 2.75) is 55.8 Å². The van der Waals surface area contributed by atoms with Crippen LogP contribution in [0.2, 0.25) is 0 Å². The number of aliphatic hydroxyl groups is 1. The third kappa shape index (κ3) is 9.21. The zero-order chi connectivity index (χ0) is 41.0. The molecule has 0 radical (unpaired) electrons. The molecule has 57 heavy (non-hydrogen) atoms. The predicted molar refractivity (Wildman–Crippen MR) is 206 cm³/mol. The molecule has 1 fully saturated rings. The number of carbonyl (C=O) groups excluding carboxylic acids is 1. The SMILES string of the molecule is COc1ccc(C(OC(OC)c2ccccc2)(c2ccc(OC)cc2)C2OC(n3cc(CCCNC(=O)C(F)(F)F)c4cc(NS(C)(=O)=O)ccc43)CC2O)cc1. The van der Waals surface area contributed by atoms with Crippen LogP contribution in [0.25, 0.3) is 10.9 Å². The summed E-state index contributed by atoms with van der Waals surface area (Å²) in [6.45, 7) is -0.251. The number of aryl methyl sites for hydroxylation is 1. The van der Waals surface area contributed by atoms with Crippen molar-refractivity contribution >= 4 is 32.5 Å². The maximum absolute atomic E-state index is 12.8. The molecule has 4 atom stereocenters. The Morgan fingerprint density at radius 1 is 0.930 bits per heavy atom. The van der Waals surface area contributed by atoms with Crippen LogP contribution in [0.15, 0.2) is 103 Å². The Kier molecular flexibility index (Phi) is 12.5. The molecule has 1 aliphatic rings. The van der Waals surface area contributed by atoms with Gasteiger partial charge in [0.25, 0.3) is 0 Å². The number of ether oxygens (including phenoxy) is 5. The van der Waals surface area contributed by atoms with Gasteiger partial charge in [0, 0.05) is 42.9 Å². The molecule has 304 valence electrons. The number of nitrogens with zero attached hydrogens (tertiary/aromatic N) is 1. The monoisotopic (exact) mass is 811 g/mol. The topological polar surface area (TPSA) is 147 Å². The summed E-state index contributed by atoms with van der Waals surface area (Å²) in [6, 6.07) is 28.7. The van der Waals surface area contributed by atoms with Gasteiger partial charge in [-0.1, -0.05) is 54.6 Å². The molecule has 1 saturated heterocycles. The first-order valence-corrected chi connectivity index (χ1v) is 19.9. The van der Waals surface area contributed by atoms with Crippen molar-refractivity contribution in [3.63, 3.8) is 0 Å². The molecule has 4 unspecified atom stereocenters. The lowest BCUT2D eigenvalue weighted by Gasteiger charge is -2.42. The molecule has 0 spiro atoms. The Hall–Kier alpha value is -5.13. The first-order chi connectivity index (χ1) is 27.2. The van der Waals surface area contributed by atoms with Crippen molar-refractivity contribution in [2.75, 3.05) is 38.9 Å². The summed E-state index contributed by atoms with van der Waals surface area (Å²) in [6.07, 6.45) is -5.74. The minimum absolute atomic E-state index is 0.0826. The molecule has 6 rings (SSSR count). The van der Waals surface area contributed by atoms with Gasteiger partial charge in [0.2, 0.25) is 10.0 Å². The van der Waals surface area contributed by atoms with Crippen LogP contribution in [0.5, 0.6) is 11.5 Å². The van der Waals surface area contributed by atoms with E-state index in [2.05, 4.69) is 4.72 Å². The second-order valence-electron chi connectivity index (χ2n) is 13.6. The molecule has 3 N–H and O–H groups in total. The molecule has 1 aromatic heterocycles. The minimum atomic E-state index is -5.01. The van der Waals surface area contributed by atoms with Crippen LogP contribution in [-0.2, 0) is 41.1 Å². The number of amides is 1. The minimum Gasteiger partial charge on any atom is -0.497 e. The molecule has 4 aromatic carbocycles. The van der Waals surface area contributed by atoms with Crippen LogP contribution in [0, 0.1) is 0 Å². The average molecular weight is 812 g/mol. The third-order valence-electron chi connectivity index (χ3n) is 9.81. The number of alkyl halides is 3. The standard InChI is InChI=1S/C41H44F3N3O9S/c1-52-31-17-12-28(13-18-31)40(29-14-19-32(53-2)20-15-29,56-38(54-3)26-9-6-5-7-10-26)37-35(48)24-36(55-37)47-25-27(11-8-22-45-39(49)41(42,43)44)33-23-30(16-21-34(33)47)46-57(4,50)51/h5-7,9-10,12-21,23,25,35-38,46,48H,8,11,22,24H2,1-4H3,(H,45,49). The number of carbonyl (C=O) groups is 1. The summed E-state index contributed by atoms with van der Waals surface area (Å²) < 4.78 is 98.0. The Bertz CT molecular complexity index is 2200. The Morgan fingerprint density at radius 2 is 1.54 bits per heavy atom. The van der Waals surface area contributed by atoms with Crippen molar-refractivity contribution in [3.05, 3.63) is 126 Å². The molecular formula is C41H44F3N3O9S. The predicted octanol–water partition coefficient (Wildman–Crippen LogP) is 6.60. The maximum atomic E-state index is 12.8. The first kappa shape index (κ1) is 41.5. The number of rotatable bonds is 16. The number of aliphatic hydroxyl groups excluding tert-OH is 1. The number of halogens is 3. The Labute approximate surface area is 328 Å². The summed E-state index contributed by atoms with van der Waals surface area (Å²) in [5.41, 5.74) is 1.96. The number of benzene rings is 4. The molecule has 12 nitrogen and oxygen atoms in total. The highest BCUT2D eigenvalue weighted by Crippen LogP contribution is 2.49. The van der Waals surface area contributed by atoms with Gasteiger partial charge in [-0.15, -0.1) is 0 Å². The molecular weight excluding hydrogens is 768 g/mol. The van der Waals surface area contributed by atoms with Crippen molar-refractivity contribution in [1.29, 1.82) is 0 Å². The highest BCUT2D eigenvalue weighted by molar-refractivity contribution is 7.92. The van der Waals surface area contributed by atoms with Gasteiger partial charge in [0.15, 0.2) is 11.9 Å². The van der Waals surface area contributed by atoms with Gasteiger partial charge < -0.3 is 38.7 Å². The molecule has 2 heterocycles. The number of nitrogens with one attached hydrogen (secondary N) is 2. The van der Waals surface area contributed by atoms with E-state index in [1.54, 1.807) is 62.9 Å². The first-order valence-electron chi connectivity index (χ1n) is 18.0. The van der Waals surface area contributed by atoms with Crippen molar-refractivity contribution in [2.24, 2.45) is 0 Å². The van der Waals surface area contributed by atoms with Crippen LogP contribution in [-0.4, -0.2) is 76.5 Å². The van der Waals surface area contributed by atoms with E-state index in [0.29, 0.717) is 44.7 Å². The van der Waals surface area contributed by atoms with Crippen LogP contribution >= 0.6 is 0 Å². The third-order valence-corrected chi connectivity index (χ3v) is 10.4. The summed E-state index contributed by atoms with van der Waals surface area (Å²) in [4.78, 5) is 11.4. The van der Waals surface area contributed by atoms with E-state index in [9.17, 15) is 31.5 Å². The van der Waals surface area contributed by atoms with E-state index in [4.69, 9.17) is 23.7 Å². The zero-order valence-corrected chi connectivity index (χ0v) is 32.5. The Morgan fingerprint density at radius 3 is 2.09 bits per heavy atom. The normalized spacial score (nSPS) is 18.0. The zero-order valence-electron chi connectivity index (χ0n) is 31.7. The number of methoxy groups -OCH3 is 3. The number of hydrogen-bond acceptors (Lipinski definition) is 9. The molecule has 5 aromatic rings. The average Bonchev–Trinajstić information content (AvgIpc) is 3.76. The van der Waals surface area contributed by atoms with Gasteiger partial charge in [0.05, 0.1) is 32.1 Å². The summed E-state index contributed by atoms with van der Waals surface area (Å²) in [5, 5.41) is 14.7. The Balaban J connectivity index is 1.45. The second-order valence-corrected chi connectivity index (χ2v) is 15.4. The number of sulfonamides is 1. The van der Waals surface area contributed by atoms with Crippen molar-refractivity contribution in [1.82, 2.24) is 9.88 Å². The molecule has 16 heteroatoms. The van der Waals surface area contributed by atoms with E-state index in [-0.39, 0.29) is 31.5 Å². The highest BCUT2D eigenvalue weighted by atomic mass is 32.2. The fourth-order valence-corrected chi connectivity index (χ4v) is 7.77. The number of anilines is 1. The number of hydrogen-bond donors (Lipinski definition) is 3. The lowest BCUT2D eigenvalue weighted by molar-refractivity contribution is -0.241. The van der Waals surface area contributed by atoms with Gasteiger partial charge >= 0.3 is 12.1 Å². The summed E-state index contributed by atoms with van der Waals surface area (Å²) in [7, 11) is 0.990. The summed E-state index contributed by atoms with van der Waals surface area (Å²) in [5.74, 6) is -0.853. The summed E-state index contributed by atoms with van der Waals surface area (Å²) >= 11 is 0. The van der Waals surface area contributed by atoms with Crippen LogP contribution in [0.4, 0.5) is 18.9 Å². The molecule has 1 amide bonds. The van der Waals surface area contributed by atoms with E-state index < -0.39 is 52.4 Å². The largest absolute Gasteiger partial charge is 0.497 e. The number of aromatic nitrogens is 1. The molecule has 1 aliphatic heterocycles. The van der Waals surface area contributed by atoms with E-state index in [1.807, 2.05) is 64.5 Å². The molecule has 0 bridgehead atoms. The van der Waals surface area contributed by atoms with Gasteiger partial charge in [-0.3, -0.25) is 9.52 Å². The lowest BCUT2D eigenvalue weighted by atomic mass is 9.79. The van der Waals surface area contributed by atoms with E-state index >= 15 is 0 Å². The fraction of sp³-hybridized carbons (Fsp3) is 0.341. The van der Waals surface area contributed by atoms with Crippen molar-refractivity contribution < 1.29 is 55.2 Å². The smallest absolute Gasteiger partial charge is 0.471 e. The molecule has 0 aliphatic carbocycles. The second kappa shape index (κ2) is 17.2. The van der Waals surface area contributed by atoms with Gasteiger partial charge in [-0.25, -0.2) is 8.42 Å². The van der Waals surface area contributed by atoms with E-state index in [1.165, 1.54) is 7.11 Å². The lowest BCUT2D eigenvalue weighted by Crippen LogP contribution is -2.49. The van der Waals surface area contributed by atoms with Gasteiger partial charge in [0.1, 0.15) is 23.8 Å². The van der Waals surface area contributed by atoms with E-state index in [0.717, 1.165) is 6.26 Å². The van der Waals surface area contributed by atoms with Gasteiger partial charge in [-0.2, -0.15) is 13.2 Å². The van der Waals surface area contributed by atoms with Crippen LogP contribution in [0.3, 0.4) is 0 Å². The van der Waals surface area contributed by atoms with Gasteiger partial charge in [-0.05, 0) is 72.0 Å². The quantitative estimate of drug-likeness (QED) is 0.0742. The molecule has 0 saturated carbocycles. The number of fused-ring (bicyclic) bond motifs is 1. The maximum Gasteiger partial charge on any atom is 0.471 e.